The van der Waals surface area contributed by atoms with Gasteiger partial charge in [-0.05, 0) is 30.7 Å². The molecule has 1 aromatic heterocycles. The molecule has 18 heavy (non-hydrogen) atoms. The van der Waals surface area contributed by atoms with E-state index in [-0.39, 0.29) is 22.6 Å². The SMILES string of the molecule is Oc1cccc(-c2nc(C3CCCS3)no2)c1O. The van der Waals surface area contributed by atoms with E-state index in [0.717, 1.165) is 18.6 Å². The Morgan fingerprint density at radius 1 is 1.33 bits per heavy atom. The van der Waals surface area contributed by atoms with Crippen LogP contribution >= 0.6 is 11.8 Å². The Hall–Kier alpha value is -1.69. The molecule has 2 heterocycles. The molecule has 5 nitrogen and oxygen atoms in total. The quantitative estimate of drug-likeness (QED) is 0.812. The molecule has 1 fully saturated rings. The molecule has 2 aromatic rings. The molecule has 0 amide bonds. The first kappa shape index (κ1) is 11.4. The van der Waals surface area contributed by atoms with Crippen LogP contribution in [0.4, 0.5) is 0 Å². The molecule has 1 aliphatic rings. The van der Waals surface area contributed by atoms with Crippen molar-refractivity contribution in [3.8, 4) is 23.0 Å². The van der Waals surface area contributed by atoms with Gasteiger partial charge in [-0.25, -0.2) is 0 Å². The van der Waals surface area contributed by atoms with Crippen molar-refractivity contribution in [3.05, 3.63) is 24.0 Å². The molecule has 6 heteroatoms. The number of phenolic OH excluding ortho intramolecular Hbond substituents is 2. The lowest BCUT2D eigenvalue weighted by Gasteiger charge is -2.01. The van der Waals surface area contributed by atoms with Crippen LogP contribution < -0.4 is 0 Å². The van der Waals surface area contributed by atoms with E-state index in [9.17, 15) is 10.2 Å². The molecule has 0 saturated carbocycles. The van der Waals surface area contributed by atoms with Gasteiger partial charge in [-0.15, -0.1) is 0 Å². The summed E-state index contributed by atoms with van der Waals surface area (Å²) in [4.78, 5) is 4.29. The fourth-order valence-corrected chi connectivity index (χ4v) is 3.16. The van der Waals surface area contributed by atoms with Gasteiger partial charge in [0.15, 0.2) is 17.3 Å². The Labute approximate surface area is 108 Å². The Balaban J connectivity index is 1.95. The zero-order valence-corrected chi connectivity index (χ0v) is 10.4. The lowest BCUT2D eigenvalue weighted by Crippen LogP contribution is -1.91. The summed E-state index contributed by atoms with van der Waals surface area (Å²) in [5.74, 6) is 1.60. The molecular formula is C12H12N2O3S. The third kappa shape index (κ3) is 1.92. The predicted octanol–water partition coefficient (Wildman–Crippen LogP) is 2.72. The van der Waals surface area contributed by atoms with E-state index in [1.807, 2.05) is 11.8 Å². The minimum Gasteiger partial charge on any atom is -0.504 e. The highest BCUT2D eigenvalue weighted by atomic mass is 32.2. The number of benzene rings is 1. The van der Waals surface area contributed by atoms with Crippen molar-refractivity contribution >= 4 is 11.8 Å². The first-order valence-corrected chi connectivity index (χ1v) is 6.77. The van der Waals surface area contributed by atoms with Gasteiger partial charge in [0.05, 0.1) is 10.8 Å². The standard InChI is InChI=1S/C12H12N2O3S/c15-8-4-1-3-7(10(8)16)12-13-11(14-17-12)9-5-2-6-18-9/h1,3-4,9,15-16H,2,5-6H2. The van der Waals surface area contributed by atoms with Crippen molar-refractivity contribution in [2.24, 2.45) is 0 Å². The second-order valence-electron chi connectivity index (χ2n) is 4.13. The molecule has 0 aliphatic carbocycles. The molecule has 1 atom stereocenters. The molecule has 1 unspecified atom stereocenters. The summed E-state index contributed by atoms with van der Waals surface area (Å²) in [6.07, 6.45) is 2.21. The average Bonchev–Trinajstić information content (AvgIpc) is 3.01. The largest absolute Gasteiger partial charge is 0.504 e. The molecule has 2 N–H and O–H groups in total. The summed E-state index contributed by atoms with van der Waals surface area (Å²) < 4.78 is 5.15. The van der Waals surface area contributed by atoms with Gasteiger partial charge in [0, 0.05) is 0 Å². The van der Waals surface area contributed by atoms with Gasteiger partial charge in [0.1, 0.15) is 0 Å². The molecule has 3 rings (SSSR count). The number of rotatable bonds is 2. The van der Waals surface area contributed by atoms with Crippen LogP contribution in [0.5, 0.6) is 11.5 Å². The highest BCUT2D eigenvalue weighted by Crippen LogP contribution is 2.40. The maximum Gasteiger partial charge on any atom is 0.261 e. The molecule has 1 aliphatic heterocycles. The number of nitrogens with zero attached hydrogens (tertiary/aromatic N) is 2. The second kappa shape index (κ2) is 4.53. The Kier molecular flexibility index (Phi) is 2.87. The van der Waals surface area contributed by atoms with Gasteiger partial charge in [-0.2, -0.15) is 16.7 Å². The molecule has 1 aromatic carbocycles. The molecule has 1 saturated heterocycles. The van der Waals surface area contributed by atoms with E-state index < -0.39 is 0 Å². The van der Waals surface area contributed by atoms with Gasteiger partial charge in [0.2, 0.25) is 0 Å². The zero-order chi connectivity index (χ0) is 12.5. The molecular weight excluding hydrogens is 252 g/mol. The lowest BCUT2D eigenvalue weighted by atomic mass is 10.2. The maximum absolute atomic E-state index is 9.74. The van der Waals surface area contributed by atoms with Crippen molar-refractivity contribution in [2.45, 2.75) is 18.1 Å². The second-order valence-corrected chi connectivity index (χ2v) is 5.44. The third-order valence-corrected chi connectivity index (χ3v) is 4.28. The van der Waals surface area contributed by atoms with Crippen molar-refractivity contribution in [3.63, 3.8) is 0 Å². The third-order valence-electron chi connectivity index (χ3n) is 2.90. The summed E-state index contributed by atoms with van der Waals surface area (Å²) in [6, 6.07) is 4.66. The number of aromatic nitrogens is 2. The number of hydrogen-bond acceptors (Lipinski definition) is 6. The molecule has 0 radical (unpaired) electrons. The van der Waals surface area contributed by atoms with E-state index in [0.29, 0.717) is 11.4 Å². The van der Waals surface area contributed by atoms with Crippen molar-refractivity contribution in [1.82, 2.24) is 10.1 Å². The first-order valence-electron chi connectivity index (χ1n) is 5.72. The first-order chi connectivity index (χ1) is 8.75. The van der Waals surface area contributed by atoms with Crippen molar-refractivity contribution < 1.29 is 14.7 Å². The van der Waals surface area contributed by atoms with Gasteiger partial charge in [0.25, 0.3) is 5.89 Å². The number of para-hydroxylation sites is 1. The summed E-state index contributed by atoms with van der Waals surface area (Å²) >= 11 is 1.81. The van der Waals surface area contributed by atoms with Crippen LogP contribution in [0.1, 0.15) is 23.9 Å². The van der Waals surface area contributed by atoms with Crippen LogP contribution in [0, 0.1) is 0 Å². The Morgan fingerprint density at radius 3 is 3.00 bits per heavy atom. The summed E-state index contributed by atoms with van der Waals surface area (Å²) in [5.41, 5.74) is 0.358. The predicted molar refractivity (Wildman–Crippen MR) is 67.5 cm³/mol. The highest BCUT2D eigenvalue weighted by molar-refractivity contribution is 7.99. The van der Waals surface area contributed by atoms with E-state index >= 15 is 0 Å². The topological polar surface area (TPSA) is 79.4 Å². The van der Waals surface area contributed by atoms with Crippen molar-refractivity contribution in [2.75, 3.05) is 5.75 Å². The number of phenols is 2. The van der Waals surface area contributed by atoms with Gasteiger partial charge < -0.3 is 14.7 Å². The van der Waals surface area contributed by atoms with Crippen LogP contribution in [-0.4, -0.2) is 26.1 Å². The zero-order valence-electron chi connectivity index (χ0n) is 9.54. The molecule has 0 spiro atoms. The van der Waals surface area contributed by atoms with Crippen molar-refractivity contribution in [1.29, 1.82) is 0 Å². The van der Waals surface area contributed by atoms with Gasteiger partial charge in [-0.3, -0.25) is 0 Å². The van der Waals surface area contributed by atoms with Crippen LogP contribution in [0.3, 0.4) is 0 Å². The van der Waals surface area contributed by atoms with E-state index in [4.69, 9.17) is 4.52 Å². The minimum absolute atomic E-state index is 0.192. The number of hydrogen-bond donors (Lipinski definition) is 2. The van der Waals surface area contributed by atoms with Crippen LogP contribution in [-0.2, 0) is 0 Å². The fourth-order valence-electron chi connectivity index (χ4n) is 1.96. The average molecular weight is 264 g/mol. The minimum atomic E-state index is -0.230. The van der Waals surface area contributed by atoms with E-state index in [2.05, 4.69) is 10.1 Å². The lowest BCUT2D eigenvalue weighted by molar-refractivity contribution is 0.396. The normalized spacial score (nSPS) is 19.2. The van der Waals surface area contributed by atoms with E-state index in [1.165, 1.54) is 6.07 Å². The van der Waals surface area contributed by atoms with E-state index in [1.54, 1.807) is 12.1 Å². The van der Waals surface area contributed by atoms with Crippen LogP contribution in [0.2, 0.25) is 0 Å². The molecule has 94 valence electrons. The highest BCUT2D eigenvalue weighted by Gasteiger charge is 2.24. The maximum atomic E-state index is 9.74. The smallest absolute Gasteiger partial charge is 0.261 e. The van der Waals surface area contributed by atoms with Gasteiger partial charge in [-0.1, -0.05) is 11.2 Å². The Morgan fingerprint density at radius 2 is 2.22 bits per heavy atom. The summed E-state index contributed by atoms with van der Waals surface area (Å²) in [5, 5.41) is 23.4. The molecule has 0 bridgehead atoms. The number of aromatic hydroxyl groups is 2. The van der Waals surface area contributed by atoms with Crippen LogP contribution in [0.25, 0.3) is 11.5 Å². The monoisotopic (exact) mass is 264 g/mol. The summed E-state index contributed by atoms with van der Waals surface area (Å²) in [6.45, 7) is 0. The van der Waals surface area contributed by atoms with Gasteiger partial charge >= 0.3 is 0 Å². The fraction of sp³-hybridized carbons (Fsp3) is 0.333. The van der Waals surface area contributed by atoms with Crippen LogP contribution in [0.15, 0.2) is 22.7 Å². The number of thioether (sulfide) groups is 1. The summed E-state index contributed by atoms with van der Waals surface area (Å²) in [7, 11) is 0. The Bertz CT molecular complexity index is 564.